The van der Waals surface area contributed by atoms with Crippen LogP contribution >= 0.6 is 0 Å². The Morgan fingerprint density at radius 1 is 1.31 bits per heavy atom. The van der Waals surface area contributed by atoms with E-state index in [4.69, 9.17) is 0 Å². The maximum absolute atomic E-state index is 11.4. The van der Waals surface area contributed by atoms with E-state index in [-0.39, 0.29) is 5.56 Å². The predicted octanol–water partition coefficient (Wildman–Crippen LogP) is 1.30. The second kappa shape index (κ2) is 3.24. The third-order valence-corrected chi connectivity index (χ3v) is 2.68. The van der Waals surface area contributed by atoms with Crippen LogP contribution in [0.25, 0.3) is 0 Å². The van der Waals surface area contributed by atoms with E-state index in [1.165, 1.54) is 12.0 Å². The van der Waals surface area contributed by atoms with E-state index in [1.807, 2.05) is 7.05 Å². The van der Waals surface area contributed by atoms with Gasteiger partial charge in [0.2, 0.25) is 0 Å². The molecule has 1 aliphatic rings. The van der Waals surface area contributed by atoms with Gasteiger partial charge in [-0.25, -0.2) is 0 Å². The number of aromatic amines is 1. The summed E-state index contributed by atoms with van der Waals surface area (Å²) in [7, 11) is 1.89. The highest BCUT2D eigenvalue weighted by Crippen LogP contribution is 2.23. The Hall–Kier alpha value is -1.25. The van der Waals surface area contributed by atoms with Crippen molar-refractivity contribution in [1.82, 2.24) is 4.98 Å². The summed E-state index contributed by atoms with van der Waals surface area (Å²) >= 11 is 0. The summed E-state index contributed by atoms with van der Waals surface area (Å²) in [6.07, 6.45) is 6.08. The lowest BCUT2D eigenvalue weighted by Crippen LogP contribution is -2.19. The molecule has 1 heterocycles. The van der Waals surface area contributed by atoms with Crippen LogP contribution < -0.4 is 10.9 Å². The largest absolute Gasteiger partial charge is 0.387 e. The molecule has 13 heavy (non-hydrogen) atoms. The van der Waals surface area contributed by atoms with Crippen molar-refractivity contribution in [3.8, 4) is 0 Å². The van der Waals surface area contributed by atoms with Crippen LogP contribution in [0.3, 0.4) is 0 Å². The molecule has 0 amide bonds. The minimum absolute atomic E-state index is 0.0914. The van der Waals surface area contributed by atoms with Gasteiger partial charge in [-0.3, -0.25) is 4.79 Å². The van der Waals surface area contributed by atoms with Crippen LogP contribution in [0.15, 0.2) is 11.0 Å². The van der Waals surface area contributed by atoms with Crippen LogP contribution in [0.5, 0.6) is 0 Å². The molecule has 1 aliphatic carbocycles. The summed E-state index contributed by atoms with van der Waals surface area (Å²) < 4.78 is 0. The van der Waals surface area contributed by atoms with E-state index in [1.54, 1.807) is 6.20 Å². The van der Waals surface area contributed by atoms with Crippen LogP contribution in [0.4, 0.5) is 5.69 Å². The number of nitrogens with one attached hydrogen (secondary N) is 2. The summed E-state index contributed by atoms with van der Waals surface area (Å²) in [5, 5.41) is 3.11. The SMILES string of the molecule is CNc1c[nH]c(=O)c2c1CCCC2. The third kappa shape index (κ3) is 1.34. The average molecular weight is 178 g/mol. The second-order valence-electron chi connectivity index (χ2n) is 3.45. The molecule has 0 saturated heterocycles. The quantitative estimate of drug-likeness (QED) is 0.680. The van der Waals surface area contributed by atoms with Crippen molar-refractivity contribution in [2.75, 3.05) is 12.4 Å². The van der Waals surface area contributed by atoms with Gasteiger partial charge in [-0.1, -0.05) is 0 Å². The number of rotatable bonds is 1. The van der Waals surface area contributed by atoms with Gasteiger partial charge in [0, 0.05) is 18.8 Å². The number of anilines is 1. The van der Waals surface area contributed by atoms with E-state index < -0.39 is 0 Å². The number of aromatic nitrogens is 1. The van der Waals surface area contributed by atoms with Gasteiger partial charge < -0.3 is 10.3 Å². The zero-order valence-electron chi connectivity index (χ0n) is 7.81. The fraction of sp³-hybridized carbons (Fsp3) is 0.500. The second-order valence-corrected chi connectivity index (χ2v) is 3.45. The smallest absolute Gasteiger partial charge is 0.251 e. The minimum Gasteiger partial charge on any atom is -0.387 e. The lowest BCUT2D eigenvalue weighted by Gasteiger charge is -2.17. The topological polar surface area (TPSA) is 44.9 Å². The highest BCUT2D eigenvalue weighted by molar-refractivity contribution is 5.52. The molecule has 3 nitrogen and oxygen atoms in total. The molecule has 3 heteroatoms. The fourth-order valence-corrected chi connectivity index (χ4v) is 1.99. The van der Waals surface area contributed by atoms with Gasteiger partial charge in [-0.15, -0.1) is 0 Å². The lowest BCUT2D eigenvalue weighted by molar-refractivity contribution is 0.678. The molecule has 2 rings (SSSR count). The van der Waals surface area contributed by atoms with E-state index in [9.17, 15) is 4.79 Å². The molecule has 0 fully saturated rings. The van der Waals surface area contributed by atoms with Gasteiger partial charge in [-0.05, 0) is 31.2 Å². The Bertz CT molecular complexity index is 368. The molecule has 0 atom stereocenters. The molecular weight excluding hydrogens is 164 g/mol. The Balaban J connectivity index is 2.59. The number of hydrogen-bond donors (Lipinski definition) is 2. The molecule has 0 saturated carbocycles. The van der Waals surface area contributed by atoms with E-state index in [0.717, 1.165) is 30.5 Å². The molecular formula is C10H14N2O. The molecule has 0 aromatic carbocycles. The minimum atomic E-state index is 0.0914. The molecule has 0 unspecified atom stereocenters. The van der Waals surface area contributed by atoms with E-state index >= 15 is 0 Å². The van der Waals surface area contributed by atoms with Crippen LogP contribution in [-0.4, -0.2) is 12.0 Å². The number of H-pyrrole nitrogens is 1. The summed E-state index contributed by atoms with van der Waals surface area (Å²) in [5.74, 6) is 0. The lowest BCUT2D eigenvalue weighted by atomic mass is 9.92. The van der Waals surface area contributed by atoms with Crippen molar-refractivity contribution in [2.24, 2.45) is 0 Å². The third-order valence-electron chi connectivity index (χ3n) is 2.68. The van der Waals surface area contributed by atoms with Gasteiger partial charge in [-0.2, -0.15) is 0 Å². The molecule has 0 bridgehead atoms. The van der Waals surface area contributed by atoms with Gasteiger partial charge >= 0.3 is 0 Å². The first-order valence-electron chi connectivity index (χ1n) is 4.74. The standard InChI is InChI=1S/C10H14N2O/c1-11-9-6-12-10(13)8-5-3-2-4-7(8)9/h6,11H,2-5H2,1H3,(H,12,13). The fourth-order valence-electron chi connectivity index (χ4n) is 1.99. The molecule has 2 N–H and O–H groups in total. The first-order valence-corrected chi connectivity index (χ1v) is 4.74. The highest BCUT2D eigenvalue weighted by atomic mass is 16.1. The zero-order valence-corrected chi connectivity index (χ0v) is 7.81. The van der Waals surface area contributed by atoms with Crippen molar-refractivity contribution in [1.29, 1.82) is 0 Å². The van der Waals surface area contributed by atoms with E-state index in [0.29, 0.717) is 0 Å². The Morgan fingerprint density at radius 2 is 2.00 bits per heavy atom. The summed E-state index contributed by atoms with van der Waals surface area (Å²) in [4.78, 5) is 14.2. The van der Waals surface area contributed by atoms with Crippen LogP contribution in [0, 0.1) is 0 Å². The summed E-state index contributed by atoms with van der Waals surface area (Å²) in [6.45, 7) is 0. The maximum Gasteiger partial charge on any atom is 0.251 e. The van der Waals surface area contributed by atoms with Crippen molar-refractivity contribution >= 4 is 5.69 Å². The van der Waals surface area contributed by atoms with Crippen molar-refractivity contribution in [3.05, 3.63) is 27.7 Å². The van der Waals surface area contributed by atoms with Crippen molar-refractivity contribution in [2.45, 2.75) is 25.7 Å². The molecule has 0 radical (unpaired) electrons. The predicted molar refractivity (Wildman–Crippen MR) is 53.3 cm³/mol. The molecule has 1 aromatic heterocycles. The first kappa shape index (κ1) is 8.35. The molecule has 70 valence electrons. The van der Waals surface area contributed by atoms with Crippen molar-refractivity contribution in [3.63, 3.8) is 0 Å². The van der Waals surface area contributed by atoms with Gasteiger partial charge in [0.15, 0.2) is 0 Å². The molecule has 0 aliphatic heterocycles. The summed E-state index contributed by atoms with van der Waals surface area (Å²) in [5.41, 5.74) is 3.37. The molecule has 0 spiro atoms. The number of pyridine rings is 1. The van der Waals surface area contributed by atoms with Gasteiger partial charge in [0.25, 0.3) is 5.56 Å². The Labute approximate surface area is 77.2 Å². The molecule has 1 aromatic rings. The van der Waals surface area contributed by atoms with Crippen LogP contribution in [-0.2, 0) is 12.8 Å². The normalized spacial score (nSPS) is 15.2. The van der Waals surface area contributed by atoms with Crippen LogP contribution in [0.2, 0.25) is 0 Å². The highest BCUT2D eigenvalue weighted by Gasteiger charge is 2.15. The Kier molecular flexibility index (Phi) is 2.08. The zero-order chi connectivity index (χ0) is 9.26. The van der Waals surface area contributed by atoms with E-state index in [2.05, 4.69) is 10.3 Å². The van der Waals surface area contributed by atoms with Gasteiger partial charge in [0.05, 0.1) is 5.69 Å². The summed E-state index contributed by atoms with van der Waals surface area (Å²) in [6, 6.07) is 0. The average Bonchev–Trinajstić information content (AvgIpc) is 2.19. The number of fused-ring (bicyclic) bond motifs is 1. The Morgan fingerprint density at radius 3 is 2.69 bits per heavy atom. The van der Waals surface area contributed by atoms with Gasteiger partial charge in [0.1, 0.15) is 0 Å². The maximum atomic E-state index is 11.4. The first-order chi connectivity index (χ1) is 6.33. The number of hydrogen-bond acceptors (Lipinski definition) is 2. The monoisotopic (exact) mass is 178 g/mol. The van der Waals surface area contributed by atoms with Crippen molar-refractivity contribution < 1.29 is 0 Å². The van der Waals surface area contributed by atoms with Crippen LogP contribution in [0.1, 0.15) is 24.0 Å².